The molecule has 1 rings (SSSR count). The van der Waals surface area contributed by atoms with Crippen LogP contribution in [0.15, 0.2) is 0 Å². The van der Waals surface area contributed by atoms with Gasteiger partial charge in [0.25, 0.3) is 0 Å². The molecule has 0 saturated carbocycles. The van der Waals surface area contributed by atoms with Gasteiger partial charge in [-0.15, -0.1) is 4.68 Å². The van der Waals surface area contributed by atoms with Crippen molar-refractivity contribution in [2.45, 2.75) is 52.6 Å². The van der Waals surface area contributed by atoms with E-state index in [9.17, 15) is 0 Å². The first-order valence-electron chi connectivity index (χ1n) is 5.22. The molecule has 1 heterocycles. The van der Waals surface area contributed by atoms with Gasteiger partial charge in [-0.2, -0.15) is 0 Å². The Morgan fingerprint density at radius 1 is 1.13 bits per heavy atom. The quantitative estimate of drug-likeness (QED) is 0.708. The van der Waals surface area contributed by atoms with Gasteiger partial charge in [0, 0.05) is 5.21 Å². The molecule has 0 aliphatic heterocycles. The zero-order valence-corrected chi connectivity index (χ0v) is 10.8. The Bertz CT molecular complexity index is 340. The summed E-state index contributed by atoms with van der Waals surface area (Å²) >= 11 is 0. The van der Waals surface area contributed by atoms with E-state index in [-0.39, 0.29) is 11.1 Å². The maximum atomic E-state index is 4.33. The molecular formula is C10H22N5+. The highest BCUT2D eigenvalue weighted by molar-refractivity contribution is 5.18. The summed E-state index contributed by atoms with van der Waals surface area (Å²) in [6, 6.07) is 0. The second kappa shape index (κ2) is 3.47. The van der Waals surface area contributed by atoms with Gasteiger partial charge in [0.2, 0.25) is 0 Å². The second-order valence-electron chi connectivity index (χ2n) is 5.86. The zero-order chi connectivity index (χ0) is 11.9. The van der Waals surface area contributed by atoms with E-state index < -0.39 is 0 Å². The lowest BCUT2D eigenvalue weighted by atomic mass is 10.1. The van der Waals surface area contributed by atoms with Crippen molar-refractivity contribution in [3.63, 3.8) is 0 Å². The van der Waals surface area contributed by atoms with E-state index in [1.807, 2.05) is 11.7 Å². The number of anilines is 1. The highest BCUT2D eigenvalue weighted by Crippen LogP contribution is 2.11. The molecule has 0 atom stereocenters. The van der Waals surface area contributed by atoms with Crippen LogP contribution in [0.3, 0.4) is 0 Å². The van der Waals surface area contributed by atoms with E-state index in [1.165, 1.54) is 0 Å². The summed E-state index contributed by atoms with van der Waals surface area (Å²) in [6.07, 6.45) is 0. The molecular weight excluding hydrogens is 190 g/mol. The fourth-order valence-corrected chi connectivity index (χ4v) is 1.24. The van der Waals surface area contributed by atoms with Gasteiger partial charge in [0.05, 0.1) is 16.2 Å². The van der Waals surface area contributed by atoms with E-state index in [0.29, 0.717) is 0 Å². The Labute approximate surface area is 91.5 Å². The molecule has 0 unspecified atom stereocenters. The molecule has 0 aliphatic rings. The van der Waals surface area contributed by atoms with Crippen molar-refractivity contribution in [3.8, 4) is 0 Å². The number of rotatable bonds is 1. The molecule has 1 N–H and O–H groups in total. The van der Waals surface area contributed by atoms with Crippen LogP contribution in [0.5, 0.6) is 0 Å². The van der Waals surface area contributed by atoms with Crippen LogP contribution in [0, 0.1) is 0 Å². The first-order chi connectivity index (χ1) is 6.59. The van der Waals surface area contributed by atoms with E-state index in [0.717, 1.165) is 5.95 Å². The number of hydrogen-bond donors (Lipinski definition) is 1. The average molecular weight is 212 g/mol. The molecule has 1 aromatic rings. The lowest BCUT2D eigenvalue weighted by molar-refractivity contribution is -0.795. The van der Waals surface area contributed by atoms with Crippen molar-refractivity contribution in [2.24, 2.45) is 7.05 Å². The molecule has 0 amide bonds. The molecule has 1 aromatic heterocycles. The SMILES string of the molecule is Cn1nc(NC(C)(C)C)[n+](C(C)(C)C)n1. The van der Waals surface area contributed by atoms with Crippen LogP contribution in [0.1, 0.15) is 41.5 Å². The Kier molecular flexibility index (Phi) is 2.76. The summed E-state index contributed by atoms with van der Waals surface area (Å²) < 4.78 is 1.90. The monoisotopic (exact) mass is 212 g/mol. The molecule has 86 valence electrons. The van der Waals surface area contributed by atoms with Gasteiger partial charge >= 0.3 is 5.95 Å². The summed E-state index contributed by atoms with van der Waals surface area (Å²) in [5.74, 6) is 0.803. The van der Waals surface area contributed by atoms with Gasteiger partial charge in [-0.1, -0.05) is 4.80 Å². The van der Waals surface area contributed by atoms with Crippen LogP contribution in [-0.4, -0.2) is 20.6 Å². The summed E-state index contributed by atoms with van der Waals surface area (Å²) in [4.78, 5) is 1.58. The van der Waals surface area contributed by atoms with Gasteiger partial charge in [0.1, 0.15) is 7.05 Å². The van der Waals surface area contributed by atoms with Gasteiger partial charge in [-0.05, 0) is 41.5 Å². The fourth-order valence-electron chi connectivity index (χ4n) is 1.24. The lowest BCUT2D eigenvalue weighted by Gasteiger charge is -2.19. The van der Waals surface area contributed by atoms with Crippen LogP contribution >= 0.6 is 0 Å². The fraction of sp³-hybridized carbons (Fsp3) is 0.900. The number of tetrazole rings is 1. The van der Waals surface area contributed by atoms with Crippen molar-refractivity contribution in [1.29, 1.82) is 0 Å². The smallest absolute Gasteiger partial charge is 0.286 e. The summed E-state index contributed by atoms with van der Waals surface area (Å²) in [6.45, 7) is 12.6. The number of aryl methyl sites for hydroxylation is 1. The second-order valence-corrected chi connectivity index (χ2v) is 5.86. The summed E-state index contributed by atoms with van der Waals surface area (Å²) in [5, 5.41) is 12.0. The van der Waals surface area contributed by atoms with Crippen molar-refractivity contribution in [3.05, 3.63) is 0 Å². The van der Waals surface area contributed by atoms with Gasteiger partial charge in [-0.3, -0.25) is 5.32 Å². The highest BCUT2D eigenvalue weighted by atomic mass is 15.7. The minimum Gasteiger partial charge on any atom is -0.286 e. The van der Waals surface area contributed by atoms with E-state index in [1.54, 1.807) is 4.80 Å². The Morgan fingerprint density at radius 3 is 2.07 bits per heavy atom. The maximum absolute atomic E-state index is 4.33. The Balaban J connectivity index is 3.08. The zero-order valence-electron chi connectivity index (χ0n) is 10.8. The van der Waals surface area contributed by atoms with Crippen molar-refractivity contribution < 1.29 is 4.68 Å². The van der Waals surface area contributed by atoms with Gasteiger partial charge < -0.3 is 0 Å². The summed E-state index contributed by atoms with van der Waals surface area (Å²) in [7, 11) is 1.83. The molecule has 0 radical (unpaired) electrons. The van der Waals surface area contributed by atoms with Crippen LogP contribution in [0.4, 0.5) is 5.95 Å². The van der Waals surface area contributed by atoms with Crippen LogP contribution in [0.25, 0.3) is 0 Å². The lowest BCUT2D eigenvalue weighted by Crippen LogP contribution is -2.55. The molecule has 0 spiro atoms. The molecule has 15 heavy (non-hydrogen) atoms. The molecule has 5 heteroatoms. The normalized spacial score (nSPS) is 13.0. The van der Waals surface area contributed by atoms with E-state index in [4.69, 9.17) is 0 Å². The maximum Gasteiger partial charge on any atom is 0.398 e. The minimum atomic E-state index is -0.0676. The van der Waals surface area contributed by atoms with Gasteiger partial charge in [0.15, 0.2) is 0 Å². The predicted molar refractivity (Wildman–Crippen MR) is 59.6 cm³/mol. The Morgan fingerprint density at radius 2 is 1.67 bits per heavy atom. The topological polar surface area (TPSA) is 46.6 Å². The third-order valence-corrected chi connectivity index (χ3v) is 1.78. The molecule has 0 fully saturated rings. The van der Waals surface area contributed by atoms with E-state index >= 15 is 0 Å². The third kappa shape index (κ3) is 3.18. The van der Waals surface area contributed by atoms with Crippen LogP contribution < -0.4 is 10.00 Å². The molecule has 0 saturated heterocycles. The minimum absolute atomic E-state index is 0.0109. The van der Waals surface area contributed by atoms with Crippen LogP contribution in [-0.2, 0) is 12.6 Å². The largest absolute Gasteiger partial charge is 0.398 e. The first-order valence-corrected chi connectivity index (χ1v) is 5.22. The number of nitrogens with one attached hydrogen (secondary N) is 1. The third-order valence-electron chi connectivity index (χ3n) is 1.78. The molecule has 0 aromatic carbocycles. The van der Waals surface area contributed by atoms with Gasteiger partial charge in [-0.25, -0.2) is 0 Å². The number of nitrogens with zero attached hydrogens (tertiary/aromatic N) is 4. The van der Waals surface area contributed by atoms with E-state index in [2.05, 4.69) is 57.2 Å². The van der Waals surface area contributed by atoms with Crippen molar-refractivity contribution >= 4 is 5.95 Å². The molecule has 0 bridgehead atoms. The summed E-state index contributed by atoms with van der Waals surface area (Å²) in [5.41, 5.74) is -0.0785. The van der Waals surface area contributed by atoms with Crippen LogP contribution in [0.2, 0.25) is 0 Å². The van der Waals surface area contributed by atoms with Crippen molar-refractivity contribution in [1.82, 2.24) is 15.1 Å². The Hall–Kier alpha value is -1.13. The predicted octanol–water partition coefficient (Wildman–Crippen LogP) is 1.07. The number of hydrogen-bond acceptors (Lipinski definition) is 3. The standard InChI is InChI=1S/C10H22N5/c1-9(2,3)11-8-12-14(7)13-15(8)10(4,5)6/h1-7H3,(H,11,12,13)/q+1. The highest BCUT2D eigenvalue weighted by Gasteiger charge is 2.29. The average Bonchev–Trinajstić information content (AvgIpc) is 2.25. The molecule has 5 nitrogen and oxygen atoms in total. The van der Waals surface area contributed by atoms with Crippen molar-refractivity contribution in [2.75, 3.05) is 5.32 Å². The number of aromatic nitrogens is 4. The molecule has 0 aliphatic carbocycles. The first kappa shape index (κ1) is 11.9.